The molecule has 26 heavy (non-hydrogen) atoms. The summed E-state index contributed by atoms with van der Waals surface area (Å²) in [7, 11) is 0. The second kappa shape index (κ2) is 9.40. The minimum absolute atomic E-state index is 0.507. The molecule has 2 unspecified atom stereocenters. The van der Waals surface area contributed by atoms with Crippen molar-refractivity contribution in [3.8, 4) is 0 Å². The van der Waals surface area contributed by atoms with Gasteiger partial charge >= 0.3 is 0 Å². The lowest BCUT2D eigenvalue weighted by Crippen LogP contribution is -2.15. The highest BCUT2D eigenvalue weighted by Crippen LogP contribution is 2.45. The van der Waals surface area contributed by atoms with E-state index in [-0.39, 0.29) is 0 Å². The minimum Gasteiger partial charge on any atom is -0.100 e. The quantitative estimate of drug-likeness (QED) is 0.374. The van der Waals surface area contributed by atoms with Crippen LogP contribution in [0.2, 0.25) is 0 Å². The summed E-state index contributed by atoms with van der Waals surface area (Å²) in [4.78, 5) is 0. The summed E-state index contributed by atoms with van der Waals surface area (Å²) >= 11 is 0. The third-order valence-electron chi connectivity index (χ3n) is 6.11. The summed E-state index contributed by atoms with van der Waals surface area (Å²) in [6.45, 7) is 21.8. The van der Waals surface area contributed by atoms with Crippen LogP contribution >= 0.6 is 0 Å². The molecule has 0 aromatic heterocycles. The summed E-state index contributed by atoms with van der Waals surface area (Å²) in [5.41, 5.74) is 8.32. The summed E-state index contributed by atoms with van der Waals surface area (Å²) in [5.74, 6) is 1.73. The summed E-state index contributed by atoms with van der Waals surface area (Å²) in [6, 6.07) is 7.20. The number of allylic oxidation sites excluding steroid dienone is 3. The smallest absolute Gasteiger partial charge is 0.00556 e. The average molecular weight is 351 g/mol. The molecule has 0 heterocycles. The summed E-state index contributed by atoms with van der Waals surface area (Å²) in [6.07, 6.45) is 8.46. The minimum atomic E-state index is 0.507. The van der Waals surface area contributed by atoms with Crippen molar-refractivity contribution in [3.63, 3.8) is 0 Å². The van der Waals surface area contributed by atoms with E-state index in [1.807, 2.05) is 0 Å². The van der Waals surface area contributed by atoms with E-state index in [4.69, 9.17) is 0 Å². The van der Waals surface area contributed by atoms with Crippen LogP contribution in [0.15, 0.2) is 49.1 Å². The lowest BCUT2D eigenvalue weighted by molar-refractivity contribution is 0.444. The maximum atomic E-state index is 4.49. The van der Waals surface area contributed by atoms with Crippen LogP contribution in [0.1, 0.15) is 88.8 Å². The molecule has 0 bridgehead atoms. The standard InChI is InChI=1S/C26H38/c1-8-10-21(11-9-2)22-13-15-25-20(7)26(17-23(25)16-22)24(19(5)6)14-12-18(3)4/h13,15-16,21,24,26H,3,5,7-12,14,17H2,1-2,4,6H3. The molecule has 0 fully saturated rings. The zero-order valence-corrected chi connectivity index (χ0v) is 17.5. The first kappa shape index (κ1) is 20.7. The second-order valence-corrected chi connectivity index (χ2v) is 8.48. The van der Waals surface area contributed by atoms with Gasteiger partial charge in [-0.2, -0.15) is 0 Å². The zero-order chi connectivity index (χ0) is 19.3. The van der Waals surface area contributed by atoms with Crippen LogP contribution in [0, 0.1) is 11.8 Å². The largest absolute Gasteiger partial charge is 0.100 e. The fraction of sp³-hybridized carbons (Fsp3) is 0.538. The number of rotatable bonds is 10. The molecule has 0 amide bonds. The maximum Gasteiger partial charge on any atom is -0.00556 e. The lowest BCUT2D eigenvalue weighted by atomic mass is 9.79. The van der Waals surface area contributed by atoms with Crippen LogP contribution in [-0.4, -0.2) is 0 Å². The summed E-state index contributed by atoms with van der Waals surface area (Å²) < 4.78 is 0. The highest BCUT2D eigenvalue weighted by atomic mass is 14.4. The van der Waals surface area contributed by atoms with Gasteiger partial charge in [-0.3, -0.25) is 0 Å². The molecule has 0 saturated carbocycles. The Morgan fingerprint density at radius 2 is 1.73 bits per heavy atom. The Balaban J connectivity index is 2.23. The monoisotopic (exact) mass is 350 g/mol. The summed E-state index contributed by atoms with van der Waals surface area (Å²) in [5, 5.41) is 0. The molecule has 0 saturated heterocycles. The Labute approximate surface area is 162 Å². The normalized spacial score (nSPS) is 17.4. The number of fused-ring (bicyclic) bond motifs is 1. The van der Waals surface area contributed by atoms with Gasteiger partial charge in [-0.15, -0.1) is 6.58 Å². The predicted octanol–water partition coefficient (Wildman–Crippen LogP) is 8.10. The molecule has 1 aromatic carbocycles. The Bertz CT molecular complexity index is 655. The van der Waals surface area contributed by atoms with E-state index in [1.54, 1.807) is 0 Å². The van der Waals surface area contributed by atoms with Gasteiger partial charge in [0.1, 0.15) is 0 Å². The molecule has 0 radical (unpaired) electrons. The van der Waals surface area contributed by atoms with Crippen LogP contribution in [0.4, 0.5) is 0 Å². The van der Waals surface area contributed by atoms with Crippen LogP contribution in [0.5, 0.6) is 0 Å². The molecule has 0 spiro atoms. The van der Waals surface area contributed by atoms with E-state index in [0.717, 1.165) is 19.3 Å². The molecule has 1 aliphatic carbocycles. The van der Waals surface area contributed by atoms with Gasteiger partial charge in [0.05, 0.1) is 0 Å². The molecule has 2 rings (SSSR count). The molecular formula is C26H38. The molecule has 1 aromatic rings. The Kier molecular flexibility index (Phi) is 7.50. The molecule has 0 nitrogen and oxygen atoms in total. The van der Waals surface area contributed by atoms with Gasteiger partial charge in [0.2, 0.25) is 0 Å². The fourth-order valence-corrected chi connectivity index (χ4v) is 4.66. The number of benzene rings is 1. The molecule has 2 atom stereocenters. The molecular weight excluding hydrogens is 312 g/mol. The van der Waals surface area contributed by atoms with E-state index in [1.165, 1.54) is 59.1 Å². The van der Waals surface area contributed by atoms with Crippen molar-refractivity contribution in [2.45, 2.75) is 78.6 Å². The van der Waals surface area contributed by atoms with Gasteiger partial charge < -0.3 is 0 Å². The van der Waals surface area contributed by atoms with E-state index in [0.29, 0.717) is 17.8 Å². The van der Waals surface area contributed by atoms with Gasteiger partial charge in [0, 0.05) is 0 Å². The van der Waals surface area contributed by atoms with Crippen molar-refractivity contribution in [3.05, 3.63) is 65.8 Å². The first-order valence-corrected chi connectivity index (χ1v) is 10.5. The van der Waals surface area contributed by atoms with Gasteiger partial charge in [-0.25, -0.2) is 0 Å². The predicted molar refractivity (Wildman–Crippen MR) is 118 cm³/mol. The lowest BCUT2D eigenvalue weighted by Gasteiger charge is -2.25. The van der Waals surface area contributed by atoms with Crippen molar-refractivity contribution in [1.29, 1.82) is 0 Å². The average Bonchev–Trinajstić information content (AvgIpc) is 2.90. The van der Waals surface area contributed by atoms with Crippen LogP contribution < -0.4 is 0 Å². The molecule has 0 heteroatoms. The van der Waals surface area contributed by atoms with E-state index < -0.39 is 0 Å². The highest BCUT2D eigenvalue weighted by molar-refractivity contribution is 5.73. The van der Waals surface area contributed by atoms with Crippen molar-refractivity contribution >= 4 is 5.57 Å². The van der Waals surface area contributed by atoms with E-state index in [2.05, 4.69) is 65.6 Å². The van der Waals surface area contributed by atoms with E-state index >= 15 is 0 Å². The van der Waals surface area contributed by atoms with Crippen LogP contribution in [-0.2, 0) is 6.42 Å². The first-order chi connectivity index (χ1) is 12.4. The van der Waals surface area contributed by atoms with Gasteiger partial charge in [-0.05, 0) is 86.0 Å². The Morgan fingerprint density at radius 1 is 1.08 bits per heavy atom. The van der Waals surface area contributed by atoms with Crippen molar-refractivity contribution in [2.75, 3.05) is 0 Å². The van der Waals surface area contributed by atoms with Crippen molar-refractivity contribution in [2.24, 2.45) is 11.8 Å². The highest BCUT2D eigenvalue weighted by Gasteiger charge is 2.32. The van der Waals surface area contributed by atoms with Gasteiger partial charge in [0.15, 0.2) is 0 Å². The number of hydrogen-bond donors (Lipinski definition) is 0. The van der Waals surface area contributed by atoms with Crippen LogP contribution in [0.3, 0.4) is 0 Å². The number of hydrogen-bond acceptors (Lipinski definition) is 0. The van der Waals surface area contributed by atoms with Crippen molar-refractivity contribution in [1.82, 2.24) is 0 Å². The third kappa shape index (κ3) is 4.78. The molecule has 0 N–H and O–H groups in total. The molecule has 142 valence electrons. The molecule has 1 aliphatic rings. The molecule has 0 aliphatic heterocycles. The zero-order valence-electron chi connectivity index (χ0n) is 17.5. The van der Waals surface area contributed by atoms with Gasteiger partial charge in [0.25, 0.3) is 0 Å². The van der Waals surface area contributed by atoms with Crippen molar-refractivity contribution < 1.29 is 0 Å². The Morgan fingerprint density at radius 3 is 2.27 bits per heavy atom. The van der Waals surface area contributed by atoms with Gasteiger partial charge in [-0.1, -0.05) is 69.2 Å². The first-order valence-electron chi connectivity index (χ1n) is 10.5. The fourth-order valence-electron chi connectivity index (χ4n) is 4.66. The van der Waals surface area contributed by atoms with Crippen LogP contribution in [0.25, 0.3) is 5.57 Å². The SMILES string of the molecule is C=C(C)CCC(C(=C)C)C1Cc2cc(C(CCC)CCC)ccc2C1=C. The third-order valence-corrected chi connectivity index (χ3v) is 6.11. The topological polar surface area (TPSA) is 0 Å². The Hall–Kier alpha value is -1.56. The maximum absolute atomic E-state index is 4.49. The van der Waals surface area contributed by atoms with E-state index in [9.17, 15) is 0 Å². The second-order valence-electron chi connectivity index (χ2n) is 8.48.